The van der Waals surface area contributed by atoms with Gasteiger partial charge in [0.1, 0.15) is 11.1 Å². The topological polar surface area (TPSA) is 57.0 Å². The third kappa shape index (κ3) is 4.14. The standard InChI is InChI=1S/C16H21N3O2S2/c1-3-8-21-15(20)11(2)23-16-18-17-14(19(16)12-6-7-12)10-13-5-4-9-22-13/h4-5,9,11-12H,3,6-8,10H2,1-2H3. The number of esters is 1. The highest BCUT2D eigenvalue weighted by Crippen LogP contribution is 2.40. The molecule has 2 aromatic heterocycles. The molecule has 0 spiro atoms. The van der Waals surface area contributed by atoms with Gasteiger partial charge in [0.2, 0.25) is 0 Å². The lowest BCUT2D eigenvalue weighted by atomic mass is 10.3. The van der Waals surface area contributed by atoms with Crippen molar-refractivity contribution in [1.82, 2.24) is 14.8 Å². The number of thioether (sulfide) groups is 1. The van der Waals surface area contributed by atoms with Gasteiger partial charge in [0, 0.05) is 17.3 Å². The van der Waals surface area contributed by atoms with Crippen LogP contribution in [0, 0.1) is 0 Å². The summed E-state index contributed by atoms with van der Waals surface area (Å²) in [5.74, 6) is 0.813. The molecule has 5 nitrogen and oxygen atoms in total. The summed E-state index contributed by atoms with van der Waals surface area (Å²) in [5, 5.41) is 11.4. The van der Waals surface area contributed by atoms with Gasteiger partial charge in [0.25, 0.3) is 0 Å². The highest BCUT2D eigenvalue weighted by molar-refractivity contribution is 8.00. The Bertz CT molecular complexity index is 650. The minimum atomic E-state index is -0.266. The molecule has 124 valence electrons. The predicted octanol–water partition coefficient (Wildman–Crippen LogP) is 3.70. The van der Waals surface area contributed by atoms with Crippen molar-refractivity contribution in [2.24, 2.45) is 0 Å². The van der Waals surface area contributed by atoms with Gasteiger partial charge in [-0.2, -0.15) is 0 Å². The van der Waals surface area contributed by atoms with Crippen LogP contribution in [0.4, 0.5) is 0 Å². The quantitative estimate of drug-likeness (QED) is 0.536. The summed E-state index contributed by atoms with van der Waals surface area (Å²) >= 11 is 3.18. The molecule has 1 fully saturated rings. The van der Waals surface area contributed by atoms with Crippen LogP contribution in [0.2, 0.25) is 0 Å². The van der Waals surface area contributed by atoms with E-state index < -0.39 is 0 Å². The molecule has 23 heavy (non-hydrogen) atoms. The number of thiophene rings is 1. The Kier molecular flexibility index (Phi) is 5.38. The molecular formula is C16H21N3O2S2. The summed E-state index contributed by atoms with van der Waals surface area (Å²) in [6, 6.07) is 4.66. The molecule has 7 heteroatoms. The fraction of sp³-hybridized carbons (Fsp3) is 0.562. The number of rotatable bonds is 8. The molecule has 1 unspecified atom stereocenters. The first-order valence-corrected chi connectivity index (χ1v) is 9.74. The van der Waals surface area contributed by atoms with E-state index in [0.29, 0.717) is 12.6 Å². The van der Waals surface area contributed by atoms with Gasteiger partial charge >= 0.3 is 5.97 Å². The van der Waals surface area contributed by atoms with Gasteiger partial charge in [-0.15, -0.1) is 21.5 Å². The Balaban J connectivity index is 1.72. The monoisotopic (exact) mass is 351 g/mol. The smallest absolute Gasteiger partial charge is 0.319 e. The van der Waals surface area contributed by atoms with Crippen molar-refractivity contribution in [3.8, 4) is 0 Å². The Hall–Kier alpha value is -1.34. The number of hydrogen-bond acceptors (Lipinski definition) is 6. The highest BCUT2D eigenvalue weighted by atomic mass is 32.2. The van der Waals surface area contributed by atoms with E-state index in [9.17, 15) is 4.79 Å². The van der Waals surface area contributed by atoms with Crippen molar-refractivity contribution in [1.29, 1.82) is 0 Å². The van der Waals surface area contributed by atoms with E-state index in [1.165, 1.54) is 16.6 Å². The minimum Gasteiger partial charge on any atom is -0.465 e. The molecular weight excluding hydrogens is 330 g/mol. The van der Waals surface area contributed by atoms with Crippen LogP contribution in [0.5, 0.6) is 0 Å². The SMILES string of the molecule is CCCOC(=O)C(C)Sc1nnc(Cc2cccs2)n1C1CC1. The molecule has 0 saturated heterocycles. The van der Waals surface area contributed by atoms with Crippen LogP contribution in [-0.4, -0.2) is 32.6 Å². The van der Waals surface area contributed by atoms with Crippen molar-refractivity contribution < 1.29 is 9.53 Å². The van der Waals surface area contributed by atoms with E-state index in [-0.39, 0.29) is 11.2 Å². The maximum absolute atomic E-state index is 12.0. The summed E-state index contributed by atoms with van der Waals surface area (Å²) in [6.07, 6.45) is 3.97. The maximum atomic E-state index is 12.0. The minimum absolute atomic E-state index is 0.179. The molecule has 0 amide bonds. The van der Waals surface area contributed by atoms with E-state index in [4.69, 9.17) is 4.74 Å². The van der Waals surface area contributed by atoms with Crippen LogP contribution in [0.15, 0.2) is 22.7 Å². The van der Waals surface area contributed by atoms with Gasteiger partial charge < -0.3 is 9.30 Å². The summed E-state index contributed by atoms with van der Waals surface area (Å²) in [5.41, 5.74) is 0. The molecule has 3 rings (SSSR count). The number of carbonyl (C=O) groups is 1. The van der Waals surface area contributed by atoms with Crippen LogP contribution in [-0.2, 0) is 16.0 Å². The first-order chi connectivity index (χ1) is 11.2. The fourth-order valence-corrected chi connectivity index (χ4v) is 3.94. The number of aromatic nitrogens is 3. The van der Waals surface area contributed by atoms with Crippen molar-refractivity contribution in [2.75, 3.05) is 6.61 Å². The van der Waals surface area contributed by atoms with Crippen molar-refractivity contribution in [3.05, 3.63) is 28.2 Å². The second-order valence-electron chi connectivity index (χ2n) is 5.68. The second-order valence-corrected chi connectivity index (χ2v) is 8.02. The normalized spacial score (nSPS) is 15.6. The average Bonchev–Trinajstić information content (AvgIpc) is 3.10. The van der Waals surface area contributed by atoms with Gasteiger partial charge in [0.15, 0.2) is 5.16 Å². The summed E-state index contributed by atoms with van der Waals surface area (Å²) in [6.45, 7) is 4.34. The zero-order valence-corrected chi connectivity index (χ0v) is 15.0. The van der Waals surface area contributed by atoms with Crippen LogP contribution < -0.4 is 0 Å². The molecule has 0 radical (unpaired) electrons. The second kappa shape index (κ2) is 7.49. The molecule has 0 N–H and O–H groups in total. The van der Waals surface area contributed by atoms with E-state index in [2.05, 4.69) is 32.3 Å². The summed E-state index contributed by atoms with van der Waals surface area (Å²) in [7, 11) is 0. The lowest BCUT2D eigenvalue weighted by molar-refractivity contribution is -0.142. The zero-order valence-electron chi connectivity index (χ0n) is 13.4. The molecule has 0 bridgehead atoms. The largest absolute Gasteiger partial charge is 0.465 e. The third-order valence-electron chi connectivity index (χ3n) is 3.62. The molecule has 2 aromatic rings. The Morgan fingerprint density at radius 1 is 1.52 bits per heavy atom. The van der Waals surface area contributed by atoms with Crippen LogP contribution in [0.1, 0.15) is 49.9 Å². The lowest BCUT2D eigenvalue weighted by Crippen LogP contribution is -2.18. The van der Waals surface area contributed by atoms with E-state index in [0.717, 1.165) is 36.7 Å². The third-order valence-corrected chi connectivity index (χ3v) is 5.53. The van der Waals surface area contributed by atoms with Gasteiger partial charge in [-0.3, -0.25) is 4.79 Å². The molecule has 0 aromatic carbocycles. The van der Waals surface area contributed by atoms with E-state index in [1.54, 1.807) is 11.3 Å². The first-order valence-electron chi connectivity index (χ1n) is 7.98. The maximum Gasteiger partial charge on any atom is 0.319 e. The van der Waals surface area contributed by atoms with Crippen molar-refractivity contribution in [3.63, 3.8) is 0 Å². The van der Waals surface area contributed by atoms with Crippen molar-refractivity contribution in [2.45, 2.75) is 56.0 Å². The molecule has 0 aliphatic heterocycles. The fourth-order valence-electron chi connectivity index (χ4n) is 2.30. The van der Waals surface area contributed by atoms with E-state index in [1.807, 2.05) is 13.8 Å². The lowest BCUT2D eigenvalue weighted by Gasteiger charge is -2.12. The average molecular weight is 351 g/mol. The highest BCUT2D eigenvalue weighted by Gasteiger charge is 2.31. The molecule has 1 aliphatic carbocycles. The van der Waals surface area contributed by atoms with Crippen molar-refractivity contribution >= 4 is 29.1 Å². The first kappa shape index (κ1) is 16.5. The van der Waals surface area contributed by atoms with E-state index >= 15 is 0 Å². The Labute approximate surface area is 144 Å². The summed E-state index contributed by atoms with van der Waals surface area (Å²) < 4.78 is 7.43. The number of ether oxygens (including phenoxy) is 1. The number of carbonyl (C=O) groups excluding carboxylic acids is 1. The molecule has 1 aliphatic rings. The number of nitrogens with zero attached hydrogens (tertiary/aromatic N) is 3. The number of hydrogen-bond donors (Lipinski definition) is 0. The van der Waals surface area contributed by atoms with Gasteiger partial charge in [0.05, 0.1) is 6.61 Å². The Morgan fingerprint density at radius 3 is 3.00 bits per heavy atom. The Morgan fingerprint density at radius 2 is 2.35 bits per heavy atom. The molecule has 1 atom stereocenters. The van der Waals surface area contributed by atoms with Gasteiger partial charge in [-0.25, -0.2) is 0 Å². The van der Waals surface area contributed by atoms with Gasteiger partial charge in [-0.1, -0.05) is 24.8 Å². The molecule has 2 heterocycles. The van der Waals surface area contributed by atoms with Crippen LogP contribution in [0.25, 0.3) is 0 Å². The predicted molar refractivity (Wildman–Crippen MR) is 92.0 cm³/mol. The summed E-state index contributed by atoms with van der Waals surface area (Å²) in [4.78, 5) is 13.3. The van der Waals surface area contributed by atoms with Crippen LogP contribution >= 0.6 is 23.1 Å². The molecule has 1 saturated carbocycles. The van der Waals surface area contributed by atoms with Crippen LogP contribution in [0.3, 0.4) is 0 Å². The van der Waals surface area contributed by atoms with Gasteiger partial charge in [-0.05, 0) is 37.6 Å². The zero-order chi connectivity index (χ0) is 16.2.